The predicted molar refractivity (Wildman–Crippen MR) is 70.1 cm³/mol. The van der Waals surface area contributed by atoms with E-state index in [0.29, 0.717) is 0 Å². The van der Waals surface area contributed by atoms with E-state index in [1.54, 1.807) is 0 Å². The molecule has 0 radical (unpaired) electrons. The Morgan fingerprint density at radius 1 is 0.812 bits per heavy atom. The zero-order valence-corrected chi connectivity index (χ0v) is 10.9. The van der Waals surface area contributed by atoms with E-state index in [0.717, 1.165) is 12.8 Å². The monoisotopic (exact) mass is 220 g/mol. The molecule has 1 rings (SSSR count). The Labute approximate surface area is 99.0 Å². The molecular formula is C14H24N2. The maximum Gasteiger partial charge on any atom is 0.0378 e. The quantitative estimate of drug-likeness (QED) is 0.819. The molecule has 0 bridgehead atoms. The largest absolute Gasteiger partial charge is 0.322 e. The molecule has 0 aliphatic heterocycles. The highest BCUT2D eigenvalue weighted by Crippen LogP contribution is 2.26. The van der Waals surface area contributed by atoms with Crippen LogP contribution in [0.4, 0.5) is 0 Å². The van der Waals surface area contributed by atoms with E-state index in [4.69, 9.17) is 11.5 Å². The van der Waals surface area contributed by atoms with Gasteiger partial charge in [-0.15, -0.1) is 0 Å². The zero-order valence-electron chi connectivity index (χ0n) is 10.9. The molecule has 1 aromatic carbocycles. The second-order valence-corrected chi connectivity index (χ2v) is 5.12. The summed E-state index contributed by atoms with van der Waals surface area (Å²) in [4.78, 5) is 0. The average molecular weight is 220 g/mol. The Bertz CT molecular complexity index is 301. The van der Waals surface area contributed by atoms with Crippen LogP contribution in [0.5, 0.6) is 0 Å². The van der Waals surface area contributed by atoms with Crippen molar-refractivity contribution in [3.63, 3.8) is 0 Å². The van der Waals surface area contributed by atoms with Gasteiger partial charge in [-0.3, -0.25) is 0 Å². The first-order chi connectivity index (χ1) is 7.33. The van der Waals surface area contributed by atoms with Gasteiger partial charge in [0.1, 0.15) is 0 Å². The zero-order chi connectivity index (χ0) is 12.4. The predicted octanol–water partition coefficient (Wildman–Crippen LogP) is 2.85. The third-order valence-corrected chi connectivity index (χ3v) is 3.67. The summed E-state index contributed by atoms with van der Waals surface area (Å²) in [6, 6.07) is 8.39. The number of nitrogens with two attached hydrogens (primary N) is 2. The molecule has 0 aliphatic carbocycles. The Balaban J connectivity index is 3.00. The Morgan fingerprint density at radius 3 is 1.25 bits per heavy atom. The SMILES string of the molecule is CCC(C)(N)c1ccc(C(C)(N)CC)cc1. The second kappa shape index (κ2) is 4.56. The van der Waals surface area contributed by atoms with Gasteiger partial charge in [0.2, 0.25) is 0 Å². The maximum absolute atomic E-state index is 6.20. The van der Waals surface area contributed by atoms with E-state index < -0.39 is 0 Å². The summed E-state index contributed by atoms with van der Waals surface area (Å²) >= 11 is 0. The molecule has 2 nitrogen and oxygen atoms in total. The van der Waals surface area contributed by atoms with Gasteiger partial charge in [-0.05, 0) is 37.8 Å². The van der Waals surface area contributed by atoms with Crippen molar-refractivity contribution < 1.29 is 0 Å². The molecule has 2 atom stereocenters. The summed E-state index contributed by atoms with van der Waals surface area (Å²) in [7, 11) is 0. The van der Waals surface area contributed by atoms with Crippen LogP contribution in [0.1, 0.15) is 51.7 Å². The molecule has 0 aromatic heterocycles. The first-order valence-corrected chi connectivity index (χ1v) is 6.02. The van der Waals surface area contributed by atoms with Gasteiger partial charge in [0.25, 0.3) is 0 Å². The minimum Gasteiger partial charge on any atom is -0.322 e. The van der Waals surface area contributed by atoms with Crippen LogP contribution in [-0.4, -0.2) is 0 Å². The molecule has 0 amide bonds. The molecular weight excluding hydrogens is 196 g/mol. The van der Waals surface area contributed by atoms with Crippen molar-refractivity contribution >= 4 is 0 Å². The lowest BCUT2D eigenvalue weighted by Gasteiger charge is -2.27. The van der Waals surface area contributed by atoms with Gasteiger partial charge >= 0.3 is 0 Å². The lowest BCUT2D eigenvalue weighted by Crippen LogP contribution is -2.34. The summed E-state index contributed by atoms with van der Waals surface area (Å²) in [6.07, 6.45) is 1.86. The van der Waals surface area contributed by atoms with Gasteiger partial charge in [-0.25, -0.2) is 0 Å². The number of hydrogen-bond acceptors (Lipinski definition) is 2. The van der Waals surface area contributed by atoms with Crippen molar-refractivity contribution in [3.8, 4) is 0 Å². The molecule has 0 fully saturated rings. The molecule has 16 heavy (non-hydrogen) atoms. The standard InChI is InChI=1S/C14H24N2/c1-5-13(3,15)11-7-9-12(10-8-11)14(4,16)6-2/h7-10H,5-6,15-16H2,1-4H3. The van der Waals surface area contributed by atoms with E-state index in [9.17, 15) is 0 Å². The van der Waals surface area contributed by atoms with Crippen molar-refractivity contribution in [1.82, 2.24) is 0 Å². The fourth-order valence-electron chi connectivity index (χ4n) is 1.64. The van der Waals surface area contributed by atoms with Gasteiger partial charge in [0.05, 0.1) is 0 Å². The third-order valence-electron chi connectivity index (χ3n) is 3.67. The topological polar surface area (TPSA) is 52.0 Å². The minimum atomic E-state index is -0.240. The van der Waals surface area contributed by atoms with E-state index >= 15 is 0 Å². The highest BCUT2D eigenvalue weighted by Gasteiger charge is 2.21. The average Bonchev–Trinajstić information content (AvgIpc) is 2.29. The third kappa shape index (κ3) is 2.63. The van der Waals surface area contributed by atoms with Gasteiger partial charge in [0.15, 0.2) is 0 Å². The highest BCUT2D eigenvalue weighted by atomic mass is 14.7. The second-order valence-electron chi connectivity index (χ2n) is 5.12. The van der Waals surface area contributed by atoms with Crippen LogP contribution < -0.4 is 11.5 Å². The van der Waals surface area contributed by atoms with Gasteiger partial charge < -0.3 is 11.5 Å². The molecule has 0 saturated heterocycles. The van der Waals surface area contributed by atoms with E-state index in [2.05, 4.69) is 52.0 Å². The first kappa shape index (κ1) is 13.2. The van der Waals surface area contributed by atoms with Crippen LogP contribution >= 0.6 is 0 Å². The fourth-order valence-corrected chi connectivity index (χ4v) is 1.64. The van der Waals surface area contributed by atoms with E-state index in [-0.39, 0.29) is 11.1 Å². The van der Waals surface area contributed by atoms with Crippen LogP contribution in [0.2, 0.25) is 0 Å². The molecule has 4 N–H and O–H groups in total. The molecule has 0 heterocycles. The molecule has 2 unspecified atom stereocenters. The normalized spacial score (nSPS) is 18.9. The maximum atomic E-state index is 6.20. The molecule has 0 saturated carbocycles. The fraction of sp³-hybridized carbons (Fsp3) is 0.571. The number of hydrogen-bond donors (Lipinski definition) is 2. The summed E-state index contributed by atoms with van der Waals surface area (Å²) in [5.74, 6) is 0. The molecule has 90 valence electrons. The van der Waals surface area contributed by atoms with E-state index in [1.165, 1.54) is 11.1 Å². The lowest BCUT2D eigenvalue weighted by atomic mass is 9.86. The summed E-state index contributed by atoms with van der Waals surface area (Å²) < 4.78 is 0. The first-order valence-electron chi connectivity index (χ1n) is 6.02. The van der Waals surface area contributed by atoms with Gasteiger partial charge in [-0.2, -0.15) is 0 Å². The van der Waals surface area contributed by atoms with Crippen LogP contribution in [0, 0.1) is 0 Å². The molecule has 0 spiro atoms. The summed E-state index contributed by atoms with van der Waals surface area (Å²) in [6.45, 7) is 8.33. The van der Waals surface area contributed by atoms with Crippen molar-refractivity contribution in [1.29, 1.82) is 0 Å². The van der Waals surface area contributed by atoms with Crippen LogP contribution in [0.15, 0.2) is 24.3 Å². The van der Waals surface area contributed by atoms with E-state index in [1.807, 2.05) is 0 Å². The van der Waals surface area contributed by atoms with Gasteiger partial charge in [0, 0.05) is 11.1 Å². The molecule has 0 aliphatic rings. The van der Waals surface area contributed by atoms with Crippen molar-refractivity contribution in [2.24, 2.45) is 11.5 Å². The van der Waals surface area contributed by atoms with Crippen molar-refractivity contribution in [3.05, 3.63) is 35.4 Å². The number of rotatable bonds is 4. The highest BCUT2D eigenvalue weighted by molar-refractivity contribution is 5.31. The molecule has 1 aromatic rings. The summed E-state index contributed by atoms with van der Waals surface area (Å²) in [5.41, 5.74) is 14.3. The Kier molecular flexibility index (Phi) is 3.76. The van der Waals surface area contributed by atoms with Crippen molar-refractivity contribution in [2.75, 3.05) is 0 Å². The Hall–Kier alpha value is -0.860. The lowest BCUT2D eigenvalue weighted by molar-refractivity contribution is 0.467. The number of benzene rings is 1. The minimum absolute atomic E-state index is 0.240. The Morgan fingerprint density at radius 2 is 1.06 bits per heavy atom. The van der Waals surface area contributed by atoms with Crippen LogP contribution in [-0.2, 0) is 11.1 Å². The van der Waals surface area contributed by atoms with Crippen molar-refractivity contribution in [2.45, 2.75) is 51.6 Å². The van der Waals surface area contributed by atoms with Crippen LogP contribution in [0.25, 0.3) is 0 Å². The summed E-state index contributed by atoms with van der Waals surface area (Å²) in [5, 5.41) is 0. The smallest absolute Gasteiger partial charge is 0.0378 e. The van der Waals surface area contributed by atoms with Gasteiger partial charge in [-0.1, -0.05) is 38.1 Å². The molecule has 2 heteroatoms. The van der Waals surface area contributed by atoms with Crippen LogP contribution in [0.3, 0.4) is 0 Å².